The summed E-state index contributed by atoms with van der Waals surface area (Å²) in [4.78, 5) is 15.9. The van der Waals surface area contributed by atoms with Crippen molar-refractivity contribution in [3.63, 3.8) is 0 Å². The fourth-order valence-electron chi connectivity index (χ4n) is 2.06. The third kappa shape index (κ3) is 3.42. The van der Waals surface area contributed by atoms with Crippen LogP contribution >= 0.6 is 11.8 Å². The molecule has 0 radical (unpaired) electrons. The Kier molecular flexibility index (Phi) is 4.42. The first-order valence-electron chi connectivity index (χ1n) is 6.91. The van der Waals surface area contributed by atoms with E-state index in [4.69, 9.17) is 4.42 Å². The molecule has 0 bridgehead atoms. The summed E-state index contributed by atoms with van der Waals surface area (Å²) in [7, 11) is 1.86. The van der Waals surface area contributed by atoms with E-state index in [1.54, 1.807) is 30.8 Å². The van der Waals surface area contributed by atoms with Crippen LogP contribution in [-0.2, 0) is 11.8 Å². The second-order valence-corrected chi connectivity index (χ2v) is 5.78. The van der Waals surface area contributed by atoms with Crippen molar-refractivity contribution in [2.75, 3.05) is 11.1 Å². The van der Waals surface area contributed by atoms with Gasteiger partial charge in [-0.3, -0.25) is 9.78 Å². The first kappa shape index (κ1) is 15.3. The van der Waals surface area contributed by atoms with Gasteiger partial charge in [-0.1, -0.05) is 11.8 Å². The number of anilines is 1. The molecule has 0 aliphatic heterocycles. The zero-order valence-electron chi connectivity index (χ0n) is 12.7. The van der Waals surface area contributed by atoms with Gasteiger partial charge in [0.05, 0.1) is 29.5 Å². The van der Waals surface area contributed by atoms with E-state index in [1.165, 1.54) is 11.8 Å². The number of hydrogen-bond donors (Lipinski definition) is 1. The molecule has 3 aromatic rings. The highest BCUT2D eigenvalue weighted by Gasteiger charge is 2.15. The zero-order valence-corrected chi connectivity index (χ0v) is 13.5. The summed E-state index contributed by atoms with van der Waals surface area (Å²) in [5.74, 6) is 1.62. The Bertz CT molecular complexity index is 812. The second-order valence-electron chi connectivity index (χ2n) is 4.83. The Morgan fingerprint density at radius 1 is 1.39 bits per heavy atom. The maximum Gasteiger partial charge on any atom is 0.234 e. The number of aryl methyl sites for hydroxylation is 1. The molecule has 0 spiro atoms. The van der Waals surface area contributed by atoms with E-state index in [9.17, 15) is 4.79 Å². The number of amides is 1. The first-order valence-corrected chi connectivity index (χ1v) is 7.90. The molecule has 23 heavy (non-hydrogen) atoms. The number of hydrogen-bond acceptors (Lipinski definition) is 6. The number of nitrogens with one attached hydrogen (secondary N) is 1. The zero-order chi connectivity index (χ0) is 16.2. The van der Waals surface area contributed by atoms with Crippen LogP contribution in [0.25, 0.3) is 11.4 Å². The molecule has 3 heterocycles. The van der Waals surface area contributed by atoms with Gasteiger partial charge in [0, 0.05) is 13.2 Å². The molecule has 1 amide bonds. The normalized spacial score (nSPS) is 10.7. The summed E-state index contributed by atoms with van der Waals surface area (Å²) in [5.41, 5.74) is 1.57. The van der Waals surface area contributed by atoms with Crippen molar-refractivity contribution < 1.29 is 9.21 Å². The summed E-state index contributed by atoms with van der Waals surface area (Å²) in [6, 6.07) is 5.41. The maximum atomic E-state index is 12.0. The number of pyridine rings is 1. The Balaban J connectivity index is 1.64. The molecule has 1 N–H and O–H groups in total. The molecule has 0 saturated carbocycles. The van der Waals surface area contributed by atoms with Crippen molar-refractivity contribution in [1.82, 2.24) is 19.7 Å². The Hall–Kier alpha value is -2.61. The van der Waals surface area contributed by atoms with Crippen molar-refractivity contribution in [1.29, 1.82) is 0 Å². The minimum atomic E-state index is -0.118. The molecule has 0 atom stereocenters. The number of nitrogens with zero attached hydrogens (tertiary/aromatic N) is 4. The van der Waals surface area contributed by atoms with Gasteiger partial charge in [0.1, 0.15) is 5.76 Å². The maximum absolute atomic E-state index is 12.0. The van der Waals surface area contributed by atoms with Gasteiger partial charge in [-0.2, -0.15) is 0 Å². The lowest BCUT2D eigenvalue weighted by Gasteiger charge is -2.05. The molecule has 0 fully saturated rings. The Labute approximate surface area is 137 Å². The van der Waals surface area contributed by atoms with Crippen LogP contribution in [0.15, 0.2) is 46.4 Å². The predicted octanol–water partition coefficient (Wildman–Crippen LogP) is 2.51. The number of carbonyl (C=O) groups excluding carboxylic acids is 1. The highest BCUT2D eigenvalue weighted by molar-refractivity contribution is 7.99. The van der Waals surface area contributed by atoms with E-state index in [1.807, 2.05) is 24.6 Å². The van der Waals surface area contributed by atoms with Crippen molar-refractivity contribution in [3.05, 3.63) is 42.6 Å². The molecule has 118 valence electrons. The predicted molar refractivity (Wildman–Crippen MR) is 87.0 cm³/mol. The third-order valence-electron chi connectivity index (χ3n) is 3.21. The molecule has 0 aliphatic rings. The van der Waals surface area contributed by atoms with Gasteiger partial charge < -0.3 is 14.3 Å². The average Bonchev–Trinajstić information content (AvgIpc) is 3.12. The van der Waals surface area contributed by atoms with Crippen LogP contribution in [-0.4, -0.2) is 31.4 Å². The lowest BCUT2D eigenvalue weighted by atomic mass is 10.2. The molecular formula is C15H15N5O2S. The van der Waals surface area contributed by atoms with Gasteiger partial charge in [-0.25, -0.2) is 0 Å². The number of carbonyl (C=O) groups is 1. The lowest BCUT2D eigenvalue weighted by Crippen LogP contribution is -2.14. The van der Waals surface area contributed by atoms with Gasteiger partial charge >= 0.3 is 0 Å². The molecule has 7 nitrogen and oxygen atoms in total. The molecular weight excluding hydrogens is 314 g/mol. The Morgan fingerprint density at radius 3 is 2.96 bits per heavy atom. The van der Waals surface area contributed by atoms with Crippen molar-refractivity contribution in [2.24, 2.45) is 7.05 Å². The van der Waals surface area contributed by atoms with E-state index in [0.29, 0.717) is 16.7 Å². The fourth-order valence-corrected chi connectivity index (χ4v) is 2.77. The van der Waals surface area contributed by atoms with Gasteiger partial charge in [-0.15, -0.1) is 10.2 Å². The summed E-state index contributed by atoms with van der Waals surface area (Å²) >= 11 is 1.32. The smallest absolute Gasteiger partial charge is 0.234 e. The minimum Gasteiger partial charge on any atom is -0.469 e. The molecule has 3 rings (SSSR count). The highest BCUT2D eigenvalue weighted by Crippen LogP contribution is 2.25. The topological polar surface area (TPSA) is 85.8 Å². The standard InChI is InChI=1S/C15H15N5O2S/c1-10-12(5-7-22-10)14-18-19-15(20(14)2)23-9-13(21)17-11-4-3-6-16-8-11/h3-8H,9H2,1-2H3,(H,17,21). The van der Waals surface area contributed by atoms with Crippen LogP contribution in [0.5, 0.6) is 0 Å². The third-order valence-corrected chi connectivity index (χ3v) is 4.23. The molecule has 0 aromatic carbocycles. The van der Waals surface area contributed by atoms with Crippen molar-refractivity contribution in [2.45, 2.75) is 12.1 Å². The lowest BCUT2D eigenvalue weighted by molar-refractivity contribution is -0.113. The van der Waals surface area contributed by atoms with Crippen LogP contribution in [0.1, 0.15) is 5.76 Å². The van der Waals surface area contributed by atoms with Crippen LogP contribution in [0, 0.1) is 6.92 Å². The molecule has 8 heteroatoms. The fraction of sp³-hybridized carbons (Fsp3) is 0.200. The molecule has 3 aromatic heterocycles. The van der Waals surface area contributed by atoms with Crippen LogP contribution in [0.2, 0.25) is 0 Å². The SMILES string of the molecule is Cc1occc1-c1nnc(SCC(=O)Nc2cccnc2)n1C. The number of furan rings is 1. The summed E-state index contributed by atoms with van der Waals surface area (Å²) < 4.78 is 7.14. The average molecular weight is 329 g/mol. The van der Waals surface area contributed by atoms with Gasteiger partial charge in [0.2, 0.25) is 5.91 Å². The van der Waals surface area contributed by atoms with E-state index in [-0.39, 0.29) is 11.7 Å². The molecule has 0 aliphatic carbocycles. The number of aromatic nitrogens is 4. The Morgan fingerprint density at radius 2 is 2.26 bits per heavy atom. The highest BCUT2D eigenvalue weighted by atomic mass is 32.2. The van der Waals surface area contributed by atoms with Gasteiger partial charge in [-0.05, 0) is 25.1 Å². The minimum absolute atomic E-state index is 0.118. The van der Waals surface area contributed by atoms with E-state index in [0.717, 1.165) is 11.3 Å². The van der Waals surface area contributed by atoms with Crippen LogP contribution in [0.3, 0.4) is 0 Å². The van der Waals surface area contributed by atoms with Crippen LogP contribution in [0.4, 0.5) is 5.69 Å². The van der Waals surface area contributed by atoms with Crippen molar-refractivity contribution >= 4 is 23.4 Å². The van der Waals surface area contributed by atoms with E-state index in [2.05, 4.69) is 20.5 Å². The largest absolute Gasteiger partial charge is 0.469 e. The summed E-state index contributed by atoms with van der Waals surface area (Å²) in [6.45, 7) is 1.87. The number of rotatable bonds is 5. The number of thioether (sulfide) groups is 1. The van der Waals surface area contributed by atoms with Crippen molar-refractivity contribution in [3.8, 4) is 11.4 Å². The monoisotopic (exact) mass is 329 g/mol. The van der Waals surface area contributed by atoms with Crippen LogP contribution < -0.4 is 5.32 Å². The van der Waals surface area contributed by atoms with E-state index < -0.39 is 0 Å². The molecule has 0 unspecified atom stereocenters. The quantitative estimate of drug-likeness (QED) is 0.724. The second kappa shape index (κ2) is 6.66. The first-order chi connectivity index (χ1) is 11.1. The molecule has 0 saturated heterocycles. The summed E-state index contributed by atoms with van der Waals surface area (Å²) in [6.07, 6.45) is 4.88. The van der Waals surface area contributed by atoms with Gasteiger partial charge in [0.15, 0.2) is 11.0 Å². The van der Waals surface area contributed by atoms with Gasteiger partial charge in [0.25, 0.3) is 0 Å². The van der Waals surface area contributed by atoms with E-state index >= 15 is 0 Å². The summed E-state index contributed by atoms with van der Waals surface area (Å²) in [5, 5.41) is 11.8.